The number of aldehydes is 1. The molecule has 0 spiro atoms. The van der Waals surface area contributed by atoms with Crippen LogP contribution in [-0.2, 0) is 0 Å². The Balaban J connectivity index is 2.22. The van der Waals surface area contributed by atoms with Crippen LogP contribution in [0.2, 0.25) is 0 Å². The predicted octanol–water partition coefficient (Wildman–Crippen LogP) is 3.62. The Bertz CT molecular complexity index is 667. The summed E-state index contributed by atoms with van der Waals surface area (Å²) in [7, 11) is 0. The van der Waals surface area contributed by atoms with E-state index in [0.717, 1.165) is 28.5 Å². The van der Waals surface area contributed by atoms with Crippen LogP contribution >= 0.6 is 0 Å². The highest BCUT2D eigenvalue weighted by Gasteiger charge is 2.10. The maximum absolute atomic E-state index is 11.6. The van der Waals surface area contributed by atoms with E-state index in [1.54, 1.807) is 24.8 Å². The second-order valence-electron chi connectivity index (χ2n) is 4.36. The van der Waals surface area contributed by atoms with Crippen LogP contribution < -0.4 is 0 Å². The highest BCUT2D eigenvalue weighted by Crippen LogP contribution is 2.30. The van der Waals surface area contributed by atoms with Gasteiger partial charge in [-0.05, 0) is 46.5 Å². The third kappa shape index (κ3) is 2.21. The van der Waals surface area contributed by atoms with Gasteiger partial charge in [0.1, 0.15) is 0 Å². The molecule has 96 valence electrons. The third-order valence-electron chi connectivity index (χ3n) is 3.21. The minimum atomic E-state index is 0.685. The fourth-order valence-electron chi connectivity index (χ4n) is 2.26. The van der Waals surface area contributed by atoms with Crippen molar-refractivity contribution >= 4 is 6.29 Å². The predicted molar refractivity (Wildman–Crippen MR) is 78.3 cm³/mol. The molecule has 1 aromatic carbocycles. The van der Waals surface area contributed by atoms with Crippen LogP contribution in [0.5, 0.6) is 0 Å². The molecule has 0 bridgehead atoms. The third-order valence-corrected chi connectivity index (χ3v) is 3.21. The highest BCUT2D eigenvalue weighted by molar-refractivity contribution is 5.96. The summed E-state index contributed by atoms with van der Waals surface area (Å²) >= 11 is 0. The summed E-state index contributed by atoms with van der Waals surface area (Å²) in [5.74, 6) is 0. The van der Waals surface area contributed by atoms with Crippen LogP contribution in [0.1, 0.15) is 10.4 Å². The Morgan fingerprint density at radius 3 is 1.55 bits per heavy atom. The Morgan fingerprint density at radius 2 is 1.15 bits per heavy atom. The van der Waals surface area contributed by atoms with Gasteiger partial charge in [-0.25, -0.2) is 0 Å². The van der Waals surface area contributed by atoms with E-state index in [2.05, 4.69) is 9.97 Å². The molecule has 0 saturated heterocycles. The lowest BCUT2D eigenvalue weighted by molar-refractivity contribution is 0.112. The standard InChI is InChI=1S/C17H12N2O/c20-12-17-15(13-4-8-18-9-5-13)2-1-3-16(17)14-6-10-19-11-7-14/h1-12H. The summed E-state index contributed by atoms with van der Waals surface area (Å²) in [6.07, 6.45) is 7.81. The molecule has 3 nitrogen and oxygen atoms in total. The Kier molecular flexibility index (Phi) is 3.33. The van der Waals surface area contributed by atoms with E-state index in [4.69, 9.17) is 0 Å². The van der Waals surface area contributed by atoms with Gasteiger partial charge in [-0.2, -0.15) is 0 Å². The molecule has 0 fully saturated rings. The first kappa shape index (κ1) is 12.2. The van der Waals surface area contributed by atoms with Crippen molar-refractivity contribution in [3.63, 3.8) is 0 Å². The smallest absolute Gasteiger partial charge is 0.151 e. The molecule has 0 aliphatic rings. The Morgan fingerprint density at radius 1 is 0.700 bits per heavy atom. The molecular formula is C17H12N2O. The lowest BCUT2D eigenvalue weighted by Gasteiger charge is -2.10. The van der Waals surface area contributed by atoms with Crippen molar-refractivity contribution in [1.82, 2.24) is 9.97 Å². The van der Waals surface area contributed by atoms with Crippen molar-refractivity contribution in [3.05, 3.63) is 72.8 Å². The van der Waals surface area contributed by atoms with Gasteiger partial charge in [-0.15, -0.1) is 0 Å². The largest absolute Gasteiger partial charge is 0.298 e. The maximum Gasteiger partial charge on any atom is 0.151 e. The number of hydrogen-bond donors (Lipinski definition) is 0. The van der Waals surface area contributed by atoms with Crippen molar-refractivity contribution in [2.24, 2.45) is 0 Å². The van der Waals surface area contributed by atoms with Crippen LogP contribution in [0.15, 0.2) is 67.3 Å². The van der Waals surface area contributed by atoms with E-state index >= 15 is 0 Å². The topological polar surface area (TPSA) is 42.9 Å². The SMILES string of the molecule is O=Cc1c(-c2ccncc2)cccc1-c1ccncc1. The molecule has 3 aromatic rings. The molecule has 2 heterocycles. The second-order valence-corrected chi connectivity index (χ2v) is 4.36. The molecule has 3 rings (SSSR count). The number of aromatic nitrogens is 2. The van der Waals surface area contributed by atoms with E-state index in [1.807, 2.05) is 42.5 Å². The number of pyridine rings is 2. The number of hydrogen-bond acceptors (Lipinski definition) is 3. The lowest BCUT2D eigenvalue weighted by atomic mass is 9.93. The van der Waals surface area contributed by atoms with Gasteiger partial charge in [0, 0.05) is 30.4 Å². The maximum atomic E-state index is 11.6. The van der Waals surface area contributed by atoms with E-state index in [1.165, 1.54) is 0 Å². The second kappa shape index (κ2) is 5.45. The first-order valence-corrected chi connectivity index (χ1v) is 6.29. The molecule has 2 aromatic heterocycles. The lowest BCUT2D eigenvalue weighted by Crippen LogP contribution is -1.92. The average molecular weight is 260 g/mol. The van der Waals surface area contributed by atoms with Gasteiger partial charge in [-0.3, -0.25) is 14.8 Å². The Hall–Kier alpha value is -2.81. The molecular weight excluding hydrogens is 248 g/mol. The van der Waals surface area contributed by atoms with Gasteiger partial charge in [0.2, 0.25) is 0 Å². The summed E-state index contributed by atoms with van der Waals surface area (Å²) in [6, 6.07) is 13.5. The van der Waals surface area contributed by atoms with Crippen molar-refractivity contribution in [2.45, 2.75) is 0 Å². The van der Waals surface area contributed by atoms with Crippen LogP contribution in [0.4, 0.5) is 0 Å². The fraction of sp³-hybridized carbons (Fsp3) is 0. The zero-order valence-corrected chi connectivity index (χ0v) is 10.7. The summed E-state index contributed by atoms with van der Waals surface area (Å²) in [5.41, 5.74) is 4.48. The summed E-state index contributed by atoms with van der Waals surface area (Å²) in [5, 5.41) is 0. The van der Waals surface area contributed by atoms with Crippen LogP contribution in [0.3, 0.4) is 0 Å². The van der Waals surface area contributed by atoms with Crippen LogP contribution in [0.25, 0.3) is 22.3 Å². The molecule has 0 atom stereocenters. The van der Waals surface area contributed by atoms with Crippen LogP contribution in [-0.4, -0.2) is 16.3 Å². The van der Waals surface area contributed by atoms with Gasteiger partial charge < -0.3 is 0 Å². The van der Waals surface area contributed by atoms with Gasteiger partial charge in [0.25, 0.3) is 0 Å². The molecule has 3 heteroatoms. The fourth-order valence-corrected chi connectivity index (χ4v) is 2.26. The Labute approximate surface area is 117 Å². The number of carbonyl (C=O) groups is 1. The molecule has 0 aliphatic heterocycles. The molecule has 0 unspecified atom stereocenters. The van der Waals surface area contributed by atoms with Gasteiger partial charge in [0.05, 0.1) is 0 Å². The molecule has 0 N–H and O–H groups in total. The van der Waals surface area contributed by atoms with Crippen molar-refractivity contribution < 1.29 is 4.79 Å². The first-order chi connectivity index (χ1) is 9.90. The zero-order chi connectivity index (χ0) is 13.8. The molecule has 0 aliphatic carbocycles. The van der Waals surface area contributed by atoms with Gasteiger partial charge >= 0.3 is 0 Å². The number of rotatable bonds is 3. The van der Waals surface area contributed by atoms with Crippen molar-refractivity contribution in [1.29, 1.82) is 0 Å². The van der Waals surface area contributed by atoms with Crippen molar-refractivity contribution in [3.8, 4) is 22.3 Å². The quantitative estimate of drug-likeness (QED) is 0.675. The summed E-state index contributed by atoms with van der Waals surface area (Å²) in [4.78, 5) is 19.6. The number of benzene rings is 1. The minimum Gasteiger partial charge on any atom is -0.298 e. The normalized spacial score (nSPS) is 10.2. The number of nitrogens with zero attached hydrogens (tertiary/aromatic N) is 2. The van der Waals surface area contributed by atoms with E-state index in [0.29, 0.717) is 5.56 Å². The molecule has 20 heavy (non-hydrogen) atoms. The molecule has 0 amide bonds. The monoisotopic (exact) mass is 260 g/mol. The van der Waals surface area contributed by atoms with E-state index in [9.17, 15) is 4.79 Å². The minimum absolute atomic E-state index is 0.685. The number of carbonyl (C=O) groups excluding carboxylic acids is 1. The van der Waals surface area contributed by atoms with E-state index in [-0.39, 0.29) is 0 Å². The van der Waals surface area contributed by atoms with E-state index < -0.39 is 0 Å². The zero-order valence-electron chi connectivity index (χ0n) is 10.7. The van der Waals surface area contributed by atoms with Crippen molar-refractivity contribution in [2.75, 3.05) is 0 Å². The summed E-state index contributed by atoms with van der Waals surface area (Å²) in [6.45, 7) is 0. The molecule has 0 radical (unpaired) electrons. The van der Waals surface area contributed by atoms with Crippen LogP contribution in [0, 0.1) is 0 Å². The first-order valence-electron chi connectivity index (χ1n) is 6.29. The van der Waals surface area contributed by atoms with Gasteiger partial charge in [-0.1, -0.05) is 18.2 Å². The van der Waals surface area contributed by atoms with Gasteiger partial charge in [0.15, 0.2) is 6.29 Å². The average Bonchev–Trinajstić information content (AvgIpc) is 2.55. The highest BCUT2D eigenvalue weighted by atomic mass is 16.1. The summed E-state index contributed by atoms with van der Waals surface area (Å²) < 4.78 is 0. The molecule has 0 saturated carbocycles.